The number of nitrogens with zero attached hydrogens (tertiary/aromatic N) is 1. The van der Waals surface area contributed by atoms with Crippen LogP contribution in [0.5, 0.6) is 0 Å². The maximum absolute atomic E-state index is 14.0. The number of alkyl halides is 3. The van der Waals surface area contributed by atoms with Crippen molar-refractivity contribution in [3.05, 3.63) is 57.6 Å². The highest BCUT2D eigenvalue weighted by atomic mass is 79.9. The summed E-state index contributed by atoms with van der Waals surface area (Å²) < 4.78 is 66.2. The number of urea groups is 1. The molecule has 9 heteroatoms. The van der Waals surface area contributed by atoms with Gasteiger partial charge in [-0.2, -0.15) is 13.2 Å². The molecule has 2 amide bonds. The van der Waals surface area contributed by atoms with E-state index in [4.69, 9.17) is 0 Å². The SMILES string of the molecule is O=C(Nc1cc(C(F)(F)F)ccc1F)N1CCc2c1ccc(Br)c2F. The van der Waals surface area contributed by atoms with Gasteiger partial charge in [-0.05, 0) is 52.7 Å². The van der Waals surface area contributed by atoms with Crippen molar-refractivity contribution >= 4 is 33.3 Å². The quantitative estimate of drug-likeness (QED) is 0.620. The first-order valence-electron chi connectivity index (χ1n) is 7.10. The van der Waals surface area contributed by atoms with Gasteiger partial charge in [0.1, 0.15) is 11.6 Å². The van der Waals surface area contributed by atoms with Gasteiger partial charge in [-0.3, -0.25) is 4.90 Å². The molecule has 2 aromatic rings. The molecule has 1 aliphatic rings. The second kappa shape index (κ2) is 6.29. The summed E-state index contributed by atoms with van der Waals surface area (Å²) in [6.45, 7) is 0.134. The molecule has 0 saturated carbocycles. The predicted molar refractivity (Wildman–Crippen MR) is 85.6 cm³/mol. The highest BCUT2D eigenvalue weighted by Crippen LogP contribution is 2.35. The fourth-order valence-electron chi connectivity index (χ4n) is 2.61. The van der Waals surface area contributed by atoms with Crippen LogP contribution in [-0.2, 0) is 12.6 Å². The molecule has 1 N–H and O–H groups in total. The summed E-state index contributed by atoms with van der Waals surface area (Å²) in [7, 11) is 0. The predicted octanol–water partition coefficient (Wildman–Crippen LogP) is 5.34. The van der Waals surface area contributed by atoms with Crippen LogP contribution in [-0.4, -0.2) is 12.6 Å². The fraction of sp³-hybridized carbons (Fsp3) is 0.188. The lowest BCUT2D eigenvalue weighted by atomic mass is 10.1. The number of carbonyl (C=O) groups is 1. The summed E-state index contributed by atoms with van der Waals surface area (Å²) in [5.74, 6) is -1.50. The largest absolute Gasteiger partial charge is 0.416 e. The van der Waals surface area contributed by atoms with E-state index in [0.29, 0.717) is 29.4 Å². The summed E-state index contributed by atoms with van der Waals surface area (Å²) in [6, 6.07) is 3.84. The van der Waals surface area contributed by atoms with E-state index in [-0.39, 0.29) is 17.4 Å². The summed E-state index contributed by atoms with van der Waals surface area (Å²) in [6.07, 6.45) is -4.41. The Balaban J connectivity index is 1.87. The van der Waals surface area contributed by atoms with Crippen LogP contribution < -0.4 is 10.2 Å². The second-order valence-corrected chi connectivity index (χ2v) is 6.24. The lowest BCUT2D eigenvalue weighted by Gasteiger charge is -2.19. The lowest BCUT2D eigenvalue weighted by molar-refractivity contribution is -0.137. The number of halogens is 6. The molecule has 0 fully saturated rings. The number of carbonyl (C=O) groups excluding carboxylic acids is 1. The van der Waals surface area contributed by atoms with E-state index in [1.165, 1.54) is 12.1 Å². The van der Waals surface area contributed by atoms with Crippen molar-refractivity contribution in [2.75, 3.05) is 16.8 Å². The number of rotatable bonds is 1. The Morgan fingerprint density at radius 2 is 1.88 bits per heavy atom. The molecule has 0 atom stereocenters. The van der Waals surface area contributed by atoms with Gasteiger partial charge in [0.15, 0.2) is 0 Å². The van der Waals surface area contributed by atoms with Crippen LogP contribution in [0.25, 0.3) is 0 Å². The molecule has 0 spiro atoms. The molecule has 0 bridgehead atoms. The molecule has 0 saturated heterocycles. The standard InChI is InChI=1S/C16H10BrF5N2O/c17-10-2-4-13-9(14(10)19)5-6-24(13)15(25)23-12-7-8(16(20,21)22)1-3-11(12)18/h1-4,7H,5-6H2,(H,23,25). The van der Waals surface area contributed by atoms with Gasteiger partial charge in [-0.15, -0.1) is 0 Å². The molecule has 132 valence electrons. The van der Waals surface area contributed by atoms with Gasteiger partial charge < -0.3 is 5.32 Å². The van der Waals surface area contributed by atoms with Crippen LogP contribution in [0.15, 0.2) is 34.8 Å². The van der Waals surface area contributed by atoms with Gasteiger partial charge in [0.2, 0.25) is 0 Å². The van der Waals surface area contributed by atoms with E-state index < -0.39 is 35.1 Å². The van der Waals surface area contributed by atoms with Crippen molar-refractivity contribution in [1.29, 1.82) is 0 Å². The number of amides is 2. The maximum Gasteiger partial charge on any atom is 0.416 e. The summed E-state index contributed by atoms with van der Waals surface area (Å²) in [5.41, 5.74) is -1.06. The van der Waals surface area contributed by atoms with Crippen molar-refractivity contribution in [2.45, 2.75) is 12.6 Å². The molecule has 25 heavy (non-hydrogen) atoms. The molecule has 3 rings (SSSR count). The molecule has 1 aliphatic heterocycles. The molecule has 0 radical (unpaired) electrons. The van der Waals surface area contributed by atoms with Crippen LogP contribution in [0.3, 0.4) is 0 Å². The molecule has 1 heterocycles. The second-order valence-electron chi connectivity index (χ2n) is 5.38. The average Bonchev–Trinajstić information content (AvgIpc) is 2.96. The minimum Gasteiger partial charge on any atom is -0.305 e. The average molecular weight is 421 g/mol. The molecule has 0 aromatic heterocycles. The number of nitrogens with one attached hydrogen (secondary N) is 1. The number of anilines is 2. The van der Waals surface area contributed by atoms with E-state index in [1.807, 2.05) is 0 Å². The van der Waals surface area contributed by atoms with Crippen molar-refractivity contribution in [2.24, 2.45) is 0 Å². The highest BCUT2D eigenvalue weighted by Gasteiger charge is 2.32. The van der Waals surface area contributed by atoms with Crippen LogP contribution in [0, 0.1) is 11.6 Å². The first-order valence-corrected chi connectivity index (χ1v) is 7.90. The van der Waals surface area contributed by atoms with Crippen molar-refractivity contribution < 1.29 is 26.7 Å². The fourth-order valence-corrected chi connectivity index (χ4v) is 2.98. The van der Waals surface area contributed by atoms with Crippen molar-refractivity contribution in [3.63, 3.8) is 0 Å². The smallest absolute Gasteiger partial charge is 0.305 e. The molecule has 0 aliphatic carbocycles. The Morgan fingerprint density at radius 3 is 2.56 bits per heavy atom. The Hall–Kier alpha value is -2.16. The van der Waals surface area contributed by atoms with E-state index in [1.54, 1.807) is 0 Å². The number of benzene rings is 2. The zero-order valence-electron chi connectivity index (χ0n) is 12.4. The minimum atomic E-state index is -4.66. The van der Waals surface area contributed by atoms with Gasteiger partial charge in [-0.25, -0.2) is 13.6 Å². The monoisotopic (exact) mass is 420 g/mol. The van der Waals surface area contributed by atoms with Crippen LogP contribution in [0.4, 0.5) is 38.1 Å². The number of fused-ring (bicyclic) bond motifs is 1. The Morgan fingerprint density at radius 1 is 1.16 bits per heavy atom. The van der Waals surface area contributed by atoms with Crippen LogP contribution in [0.2, 0.25) is 0 Å². The van der Waals surface area contributed by atoms with E-state index in [9.17, 15) is 26.7 Å². The number of hydrogen-bond donors (Lipinski definition) is 1. The minimum absolute atomic E-state index is 0.134. The third-order valence-corrected chi connectivity index (χ3v) is 4.44. The van der Waals surface area contributed by atoms with Crippen molar-refractivity contribution in [1.82, 2.24) is 0 Å². The Kier molecular flexibility index (Phi) is 4.44. The molecule has 3 nitrogen and oxygen atoms in total. The molecular formula is C16H10BrF5N2O. The van der Waals surface area contributed by atoms with Gasteiger partial charge >= 0.3 is 12.2 Å². The molecule has 0 unspecified atom stereocenters. The van der Waals surface area contributed by atoms with Gasteiger partial charge in [0, 0.05) is 12.1 Å². The first kappa shape index (κ1) is 17.7. The Labute approximate surface area is 147 Å². The third kappa shape index (κ3) is 3.33. The number of hydrogen-bond acceptors (Lipinski definition) is 1. The van der Waals surface area contributed by atoms with Gasteiger partial charge in [0.05, 0.1) is 21.4 Å². The van der Waals surface area contributed by atoms with Gasteiger partial charge in [0.25, 0.3) is 0 Å². The summed E-state index contributed by atoms with van der Waals surface area (Å²) >= 11 is 3.05. The van der Waals surface area contributed by atoms with Crippen molar-refractivity contribution in [3.8, 4) is 0 Å². The van der Waals surface area contributed by atoms with Crippen LogP contribution in [0.1, 0.15) is 11.1 Å². The zero-order valence-corrected chi connectivity index (χ0v) is 14.0. The van der Waals surface area contributed by atoms with E-state index in [2.05, 4.69) is 21.2 Å². The van der Waals surface area contributed by atoms with E-state index in [0.717, 1.165) is 4.90 Å². The van der Waals surface area contributed by atoms with Crippen LogP contribution >= 0.6 is 15.9 Å². The summed E-state index contributed by atoms with van der Waals surface area (Å²) in [4.78, 5) is 13.5. The normalized spacial score (nSPS) is 13.8. The van der Waals surface area contributed by atoms with E-state index >= 15 is 0 Å². The third-order valence-electron chi connectivity index (χ3n) is 3.83. The topological polar surface area (TPSA) is 32.3 Å². The van der Waals surface area contributed by atoms with Gasteiger partial charge in [-0.1, -0.05) is 0 Å². The molecular weight excluding hydrogens is 411 g/mol. The molecule has 2 aromatic carbocycles. The maximum atomic E-state index is 14.0. The highest BCUT2D eigenvalue weighted by molar-refractivity contribution is 9.10. The lowest BCUT2D eigenvalue weighted by Crippen LogP contribution is -2.33. The summed E-state index contributed by atoms with van der Waals surface area (Å²) in [5, 5.41) is 2.12. The zero-order chi connectivity index (χ0) is 18.4. The first-order chi connectivity index (χ1) is 11.7. The Bertz CT molecular complexity index is 853.